The number of rotatable bonds is 7. The second-order valence-corrected chi connectivity index (χ2v) is 6.92. The number of benzene rings is 2. The molecule has 2 heterocycles. The van der Waals surface area contributed by atoms with Crippen molar-refractivity contribution >= 4 is 5.91 Å². The van der Waals surface area contributed by atoms with Crippen LogP contribution < -0.4 is 10.1 Å². The Balaban J connectivity index is 1.64. The number of aromatic nitrogens is 3. The van der Waals surface area contributed by atoms with Gasteiger partial charge in [0.05, 0.1) is 25.8 Å². The second kappa shape index (κ2) is 8.65. The molecular weight excluding hydrogens is 380 g/mol. The fourth-order valence-electron chi connectivity index (χ4n) is 3.19. The maximum Gasteiger partial charge on any atom is 0.255 e. The van der Waals surface area contributed by atoms with Gasteiger partial charge in [-0.05, 0) is 24.6 Å². The molecule has 1 amide bonds. The molecule has 0 fully saturated rings. The summed E-state index contributed by atoms with van der Waals surface area (Å²) in [6.45, 7) is 2.65. The summed E-state index contributed by atoms with van der Waals surface area (Å²) in [4.78, 5) is 13.0. The van der Waals surface area contributed by atoms with Crippen LogP contribution in [0.2, 0.25) is 0 Å². The molecule has 0 aliphatic rings. The van der Waals surface area contributed by atoms with Crippen molar-refractivity contribution in [3.05, 3.63) is 89.4 Å². The van der Waals surface area contributed by atoms with Crippen LogP contribution in [0, 0.1) is 6.92 Å². The highest BCUT2D eigenvalue weighted by atomic mass is 16.5. The fourth-order valence-corrected chi connectivity index (χ4v) is 3.19. The van der Waals surface area contributed by atoms with Crippen molar-refractivity contribution in [1.82, 2.24) is 20.3 Å². The molecule has 0 atom stereocenters. The van der Waals surface area contributed by atoms with Crippen molar-refractivity contribution < 1.29 is 14.1 Å². The van der Waals surface area contributed by atoms with E-state index in [1.165, 1.54) is 0 Å². The van der Waals surface area contributed by atoms with Crippen LogP contribution in [0.3, 0.4) is 0 Å². The first-order chi connectivity index (χ1) is 14.6. The third-order valence-electron chi connectivity index (χ3n) is 4.64. The third kappa shape index (κ3) is 4.41. The predicted molar refractivity (Wildman–Crippen MR) is 112 cm³/mol. The summed E-state index contributed by atoms with van der Waals surface area (Å²) in [7, 11) is 1.61. The third-order valence-corrected chi connectivity index (χ3v) is 4.64. The Kier molecular flexibility index (Phi) is 5.61. The van der Waals surface area contributed by atoms with Crippen LogP contribution in [0.25, 0.3) is 11.3 Å². The number of aryl methyl sites for hydroxylation is 1. The summed E-state index contributed by atoms with van der Waals surface area (Å²) in [6.07, 6.45) is 1.77. The van der Waals surface area contributed by atoms with Crippen LogP contribution in [0.1, 0.15) is 27.4 Å². The lowest BCUT2D eigenvalue weighted by Crippen LogP contribution is -2.23. The first-order valence-corrected chi connectivity index (χ1v) is 9.58. The molecule has 0 saturated heterocycles. The van der Waals surface area contributed by atoms with Gasteiger partial charge in [-0.2, -0.15) is 5.10 Å². The van der Waals surface area contributed by atoms with Gasteiger partial charge in [-0.1, -0.05) is 47.6 Å². The highest BCUT2D eigenvalue weighted by Gasteiger charge is 2.19. The van der Waals surface area contributed by atoms with E-state index in [-0.39, 0.29) is 12.5 Å². The largest absolute Gasteiger partial charge is 0.497 e. The van der Waals surface area contributed by atoms with E-state index in [0.29, 0.717) is 35.0 Å². The van der Waals surface area contributed by atoms with Crippen molar-refractivity contribution in [3.8, 4) is 17.0 Å². The van der Waals surface area contributed by atoms with Crippen LogP contribution in [0.4, 0.5) is 0 Å². The second-order valence-electron chi connectivity index (χ2n) is 6.92. The minimum absolute atomic E-state index is 0.229. The lowest BCUT2D eigenvalue weighted by molar-refractivity contribution is 0.0950. The van der Waals surface area contributed by atoms with Crippen LogP contribution >= 0.6 is 0 Å². The average Bonchev–Trinajstić information content (AvgIpc) is 3.39. The Morgan fingerprint density at radius 1 is 1.13 bits per heavy atom. The molecule has 0 aliphatic heterocycles. The van der Waals surface area contributed by atoms with E-state index in [0.717, 1.165) is 11.1 Å². The molecule has 0 radical (unpaired) electrons. The molecular formula is C23H22N4O3. The van der Waals surface area contributed by atoms with E-state index < -0.39 is 0 Å². The van der Waals surface area contributed by atoms with E-state index in [4.69, 9.17) is 14.4 Å². The van der Waals surface area contributed by atoms with Crippen LogP contribution in [-0.2, 0) is 13.1 Å². The lowest BCUT2D eigenvalue weighted by atomic mass is 10.1. The lowest BCUT2D eigenvalue weighted by Gasteiger charge is -2.05. The van der Waals surface area contributed by atoms with Gasteiger partial charge < -0.3 is 14.6 Å². The van der Waals surface area contributed by atoms with E-state index in [9.17, 15) is 4.79 Å². The highest BCUT2D eigenvalue weighted by Crippen LogP contribution is 2.26. The summed E-state index contributed by atoms with van der Waals surface area (Å²) in [5.74, 6) is 1.18. The molecule has 0 spiro atoms. The molecule has 0 unspecified atom stereocenters. The Morgan fingerprint density at radius 3 is 2.70 bits per heavy atom. The number of nitrogens with zero attached hydrogens (tertiary/aromatic N) is 3. The van der Waals surface area contributed by atoms with Gasteiger partial charge in [-0.3, -0.25) is 9.48 Å². The number of methoxy groups -OCH3 is 1. The maximum absolute atomic E-state index is 13.0. The number of carbonyl (C=O) groups is 1. The Bertz CT molecular complexity index is 1150. The first kappa shape index (κ1) is 19.4. The van der Waals surface area contributed by atoms with E-state index >= 15 is 0 Å². The zero-order valence-electron chi connectivity index (χ0n) is 16.8. The molecule has 0 aliphatic carbocycles. The molecule has 7 nitrogen and oxygen atoms in total. The summed E-state index contributed by atoms with van der Waals surface area (Å²) in [6, 6.07) is 19.3. The molecule has 152 valence electrons. The van der Waals surface area contributed by atoms with Crippen molar-refractivity contribution in [2.75, 3.05) is 7.11 Å². The molecule has 2 aromatic carbocycles. The molecule has 4 aromatic rings. The number of hydrogen-bond acceptors (Lipinski definition) is 5. The van der Waals surface area contributed by atoms with Crippen molar-refractivity contribution in [3.63, 3.8) is 0 Å². The normalized spacial score (nSPS) is 10.7. The molecule has 4 rings (SSSR count). The van der Waals surface area contributed by atoms with Gasteiger partial charge in [0.25, 0.3) is 5.91 Å². The fraction of sp³-hybridized carbons (Fsp3) is 0.174. The SMILES string of the molecule is COc1cccc(-c2nn(Cc3ccccc3)cc2C(=O)NCc2cc(C)on2)c1. The van der Waals surface area contributed by atoms with Gasteiger partial charge in [0.2, 0.25) is 0 Å². The van der Waals surface area contributed by atoms with Crippen LogP contribution in [0.5, 0.6) is 5.75 Å². The Hall–Kier alpha value is -3.87. The highest BCUT2D eigenvalue weighted by molar-refractivity contribution is 5.99. The standard InChI is InChI=1S/C23H22N4O3/c1-16-11-19(26-30-16)13-24-23(28)21-15-27(14-17-7-4-3-5-8-17)25-22(21)18-9-6-10-20(12-18)29-2/h3-12,15H,13-14H2,1-2H3,(H,24,28). The number of hydrogen-bond donors (Lipinski definition) is 1. The molecule has 7 heteroatoms. The monoisotopic (exact) mass is 402 g/mol. The van der Waals surface area contributed by atoms with Gasteiger partial charge in [-0.25, -0.2) is 0 Å². The van der Waals surface area contributed by atoms with Gasteiger partial charge in [0.1, 0.15) is 22.9 Å². The molecule has 0 saturated carbocycles. The molecule has 30 heavy (non-hydrogen) atoms. The Labute approximate surface area is 174 Å². The van der Waals surface area contributed by atoms with Gasteiger partial charge in [-0.15, -0.1) is 0 Å². The number of nitrogens with one attached hydrogen (secondary N) is 1. The average molecular weight is 402 g/mol. The number of amides is 1. The molecule has 2 aromatic heterocycles. The maximum atomic E-state index is 13.0. The van der Waals surface area contributed by atoms with Gasteiger partial charge in [0, 0.05) is 17.8 Å². The van der Waals surface area contributed by atoms with E-state index in [1.54, 1.807) is 24.1 Å². The number of ether oxygens (including phenoxy) is 1. The van der Waals surface area contributed by atoms with Gasteiger partial charge in [0.15, 0.2) is 0 Å². The smallest absolute Gasteiger partial charge is 0.255 e. The van der Waals surface area contributed by atoms with Crippen LogP contribution in [0.15, 0.2) is 71.4 Å². The quantitative estimate of drug-likeness (QED) is 0.508. The van der Waals surface area contributed by atoms with Crippen molar-refractivity contribution in [2.24, 2.45) is 0 Å². The zero-order chi connectivity index (χ0) is 20.9. The summed E-state index contributed by atoms with van der Waals surface area (Å²) in [5, 5.41) is 11.5. The summed E-state index contributed by atoms with van der Waals surface area (Å²) in [5.41, 5.74) is 3.66. The van der Waals surface area contributed by atoms with E-state index in [1.807, 2.05) is 61.5 Å². The zero-order valence-corrected chi connectivity index (χ0v) is 16.8. The minimum atomic E-state index is -0.229. The molecule has 1 N–H and O–H groups in total. The molecule has 0 bridgehead atoms. The topological polar surface area (TPSA) is 82.2 Å². The summed E-state index contributed by atoms with van der Waals surface area (Å²) < 4.78 is 12.2. The first-order valence-electron chi connectivity index (χ1n) is 9.58. The Morgan fingerprint density at radius 2 is 1.97 bits per heavy atom. The van der Waals surface area contributed by atoms with E-state index in [2.05, 4.69) is 10.5 Å². The summed E-state index contributed by atoms with van der Waals surface area (Å²) >= 11 is 0. The van der Waals surface area contributed by atoms with Gasteiger partial charge >= 0.3 is 0 Å². The predicted octanol–water partition coefficient (Wildman–Crippen LogP) is 3.83. The number of carbonyl (C=O) groups excluding carboxylic acids is 1. The minimum Gasteiger partial charge on any atom is -0.497 e. The van der Waals surface area contributed by atoms with Crippen molar-refractivity contribution in [1.29, 1.82) is 0 Å². The van der Waals surface area contributed by atoms with Crippen LogP contribution in [-0.4, -0.2) is 28.0 Å². The van der Waals surface area contributed by atoms with Crippen molar-refractivity contribution in [2.45, 2.75) is 20.0 Å².